The second-order valence-electron chi connectivity index (χ2n) is 6.49. The molecular formula is C24H25NO4. The van der Waals surface area contributed by atoms with Crippen molar-refractivity contribution < 1.29 is 19.0 Å². The summed E-state index contributed by atoms with van der Waals surface area (Å²) in [7, 11) is 1.61. The number of para-hydroxylation sites is 1. The molecule has 5 nitrogen and oxygen atoms in total. The van der Waals surface area contributed by atoms with E-state index in [-0.39, 0.29) is 12.5 Å². The lowest BCUT2D eigenvalue weighted by molar-refractivity contribution is 0.102. The van der Waals surface area contributed by atoms with Gasteiger partial charge in [-0.2, -0.15) is 0 Å². The molecule has 0 heterocycles. The summed E-state index contributed by atoms with van der Waals surface area (Å²) in [5, 5.41) is 2.96. The zero-order valence-corrected chi connectivity index (χ0v) is 16.9. The molecule has 5 heteroatoms. The molecule has 0 saturated heterocycles. The van der Waals surface area contributed by atoms with Gasteiger partial charge in [0.05, 0.1) is 13.7 Å². The van der Waals surface area contributed by atoms with Crippen LogP contribution in [0.1, 0.15) is 28.4 Å². The highest BCUT2D eigenvalue weighted by molar-refractivity contribution is 6.04. The molecule has 1 N–H and O–H groups in total. The molecule has 0 unspecified atom stereocenters. The molecule has 0 bridgehead atoms. The van der Waals surface area contributed by atoms with Gasteiger partial charge in [0.1, 0.15) is 23.9 Å². The van der Waals surface area contributed by atoms with Crippen molar-refractivity contribution in [3.63, 3.8) is 0 Å². The van der Waals surface area contributed by atoms with Crippen molar-refractivity contribution in [2.24, 2.45) is 0 Å². The van der Waals surface area contributed by atoms with Crippen molar-refractivity contribution >= 4 is 11.6 Å². The number of methoxy groups -OCH3 is 1. The van der Waals surface area contributed by atoms with Crippen molar-refractivity contribution in [1.82, 2.24) is 0 Å². The fourth-order valence-electron chi connectivity index (χ4n) is 2.89. The molecular weight excluding hydrogens is 366 g/mol. The number of anilines is 1. The van der Waals surface area contributed by atoms with Crippen LogP contribution in [-0.4, -0.2) is 19.6 Å². The van der Waals surface area contributed by atoms with E-state index in [0.29, 0.717) is 23.7 Å². The van der Waals surface area contributed by atoms with Crippen molar-refractivity contribution in [2.75, 3.05) is 19.0 Å². The van der Waals surface area contributed by atoms with E-state index in [1.165, 1.54) is 0 Å². The number of ether oxygens (including phenoxy) is 3. The standard InChI is InChI=1S/C24H25NO4/c1-4-28-23-13-12-18(24(26)25-22-11-6-5-8-17(22)2)14-19(23)16-29-21-10-7-9-20(15-21)27-3/h5-15H,4,16H2,1-3H3,(H,25,26). The first-order valence-corrected chi connectivity index (χ1v) is 9.50. The third-order valence-electron chi connectivity index (χ3n) is 4.45. The first kappa shape index (κ1) is 20.3. The third kappa shape index (κ3) is 5.29. The van der Waals surface area contributed by atoms with Crippen LogP contribution in [0.2, 0.25) is 0 Å². The monoisotopic (exact) mass is 391 g/mol. The molecule has 0 aliphatic carbocycles. The highest BCUT2D eigenvalue weighted by atomic mass is 16.5. The average molecular weight is 391 g/mol. The van der Waals surface area contributed by atoms with Crippen molar-refractivity contribution in [3.8, 4) is 17.2 Å². The molecule has 3 rings (SSSR count). The molecule has 0 atom stereocenters. The Hall–Kier alpha value is -3.47. The normalized spacial score (nSPS) is 10.3. The quantitative estimate of drug-likeness (QED) is 0.571. The maximum absolute atomic E-state index is 12.7. The van der Waals surface area contributed by atoms with Crippen LogP contribution < -0.4 is 19.5 Å². The molecule has 0 spiro atoms. The van der Waals surface area contributed by atoms with Gasteiger partial charge in [0.25, 0.3) is 5.91 Å². The molecule has 29 heavy (non-hydrogen) atoms. The molecule has 0 radical (unpaired) electrons. The molecule has 0 aromatic heterocycles. The van der Waals surface area contributed by atoms with Gasteiger partial charge in [-0.3, -0.25) is 4.79 Å². The van der Waals surface area contributed by atoms with Crippen LogP contribution in [0.3, 0.4) is 0 Å². The van der Waals surface area contributed by atoms with E-state index in [1.807, 2.05) is 62.4 Å². The third-order valence-corrected chi connectivity index (χ3v) is 4.45. The zero-order valence-electron chi connectivity index (χ0n) is 16.9. The van der Waals surface area contributed by atoms with E-state index in [9.17, 15) is 4.79 Å². The Morgan fingerprint density at radius 3 is 2.48 bits per heavy atom. The van der Waals surface area contributed by atoms with Gasteiger partial charge in [-0.05, 0) is 55.8 Å². The van der Waals surface area contributed by atoms with Crippen LogP contribution in [0.25, 0.3) is 0 Å². The number of carbonyl (C=O) groups is 1. The molecule has 3 aromatic carbocycles. The van der Waals surface area contributed by atoms with Crippen molar-refractivity contribution in [2.45, 2.75) is 20.5 Å². The average Bonchev–Trinajstić information content (AvgIpc) is 2.75. The van der Waals surface area contributed by atoms with E-state index in [4.69, 9.17) is 14.2 Å². The molecule has 0 aliphatic rings. The minimum atomic E-state index is -0.176. The molecule has 0 saturated carbocycles. The van der Waals surface area contributed by atoms with E-state index < -0.39 is 0 Å². The number of rotatable bonds is 8. The maximum Gasteiger partial charge on any atom is 0.255 e. The minimum Gasteiger partial charge on any atom is -0.497 e. The predicted octanol–water partition coefficient (Wildman–Crippen LogP) is 5.23. The molecule has 150 valence electrons. The van der Waals surface area contributed by atoms with Gasteiger partial charge in [0.15, 0.2) is 0 Å². The largest absolute Gasteiger partial charge is 0.497 e. The summed E-state index contributed by atoms with van der Waals surface area (Å²) in [5.41, 5.74) is 3.14. The molecule has 0 aliphatic heterocycles. The summed E-state index contributed by atoms with van der Waals surface area (Å²) in [6.07, 6.45) is 0. The van der Waals surface area contributed by atoms with Gasteiger partial charge in [-0.1, -0.05) is 24.3 Å². The summed E-state index contributed by atoms with van der Waals surface area (Å²) >= 11 is 0. The second-order valence-corrected chi connectivity index (χ2v) is 6.49. The van der Waals surface area contributed by atoms with Gasteiger partial charge < -0.3 is 19.5 Å². The fraction of sp³-hybridized carbons (Fsp3) is 0.208. The summed E-state index contributed by atoms with van der Waals surface area (Å²) in [4.78, 5) is 12.7. The number of aryl methyl sites for hydroxylation is 1. The Balaban J connectivity index is 1.79. The summed E-state index contributed by atoms with van der Waals surface area (Å²) in [5.74, 6) is 1.92. The zero-order chi connectivity index (χ0) is 20.6. The van der Waals surface area contributed by atoms with Gasteiger partial charge in [0.2, 0.25) is 0 Å². The smallest absolute Gasteiger partial charge is 0.255 e. The topological polar surface area (TPSA) is 56.8 Å². The van der Waals surface area contributed by atoms with Crippen molar-refractivity contribution in [3.05, 3.63) is 83.4 Å². The first-order valence-electron chi connectivity index (χ1n) is 9.50. The summed E-state index contributed by atoms with van der Waals surface area (Å²) in [6.45, 7) is 4.68. The van der Waals surface area contributed by atoms with Crippen molar-refractivity contribution in [1.29, 1.82) is 0 Å². The number of carbonyl (C=O) groups excluding carboxylic acids is 1. The molecule has 0 fully saturated rings. The minimum absolute atomic E-state index is 0.176. The SMILES string of the molecule is CCOc1ccc(C(=O)Nc2ccccc2C)cc1COc1cccc(OC)c1. The Kier molecular flexibility index (Phi) is 6.74. The number of hydrogen-bond donors (Lipinski definition) is 1. The van der Waals surface area contributed by atoms with Gasteiger partial charge in [0, 0.05) is 22.9 Å². The number of amides is 1. The number of hydrogen-bond acceptors (Lipinski definition) is 4. The Labute approximate surface area is 171 Å². The highest BCUT2D eigenvalue weighted by Gasteiger charge is 2.12. The van der Waals surface area contributed by atoms with E-state index in [1.54, 1.807) is 25.3 Å². The predicted molar refractivity (Wildman–Crippen MR) is 114 cm³/mol. The molecule has 1 amide bonds. The number of benzene rings is 3. The second kappa shape index (κ2) is 9.64. The number of nitrogens with one attached hydrogen (secondary N) is 1. The van der Waals surface area contributed by atoms with E-state index >= 15 is 0 Å². The Bertz CT molecular complexity index is 984. The van der Waals surface area contributed by atoms with Crippen LogP contribution in [-0.2, 0) is 6.61 Å². The van der Waals surface area contributed by atoms with Crippen LogP contribution in [0, 0.1) is 6.92 Å². The first-order chi connectivity index (χ1) is 14.1. The molecule has 3 aromatic rings. The van der Waals surface area contributed by atoms with E-state index in [2.05, 4.69) is 5.32 Å². The van der Waals surface area contributed by atoms with Gasteiger partial charge in [-0.25, -0.2) is 0 Å². The maximum atomic E-state index is 12.7. The lowest BCUT2D eigenvalue weighted by Crippen LogP contribution is -2.13. The lowest BCUT2D eigenvalue weighted by Gasteiger charge is -2.14. The fourth-order valence-corrected chi connectivity index (χ4v) is 2.89. The lowest BCUT2D eigenvalue weighted by atomic mass is 10.1. The Morgan fingerprint density at radius 1 is 0.931 bits per heavy atom. The van der Waals surface area contributed by atoms with Crippen LogP contribution in [0.4, 0.5) is 5.69 Å². The van der Waals surface area contributed by atoms with Crippen LogP contribution in [0.15, 0.2) is 66.7 Å². The van der Waals surface area contributed by atoms with E-state index in [0.717, 1.165) is 22.6 Å². The summed E-state index contributed by atoms with van der Waals surface area (Å²) in [6, 6.07) is 20.4. The highest BCUT2D eigenvalue weighted by Crippen LogP contribution is 2.25. The van der Waals surface area contributed by atoms with Gasteiger partial charge in [-0.15, -0.1) is 0 Å². The van der Waals surface area contributed by atoms with Crippen LogP contribution in [0.5, 0.6) is 17.2 Å². The van der Waals surface area contributed by atoms with Gasteiger partial charge >= 0.3 is 0 Å². The summed E-state index contributed by atoms with van der Waals surface area (Å²) < 4.78 is 16.8. The van der Waals surface area contributed by atoms with Crippen LogP contribution >= 0.6 is 0 Å². The Morgan fingerprint density at radius 2 is 1.72 bits per heavy atom.